The largest absolute Gasteiger partial charge is 0.340 e. The molecule has 156 valence electrons. The zero-order chi connectivity index (χ0) is 21.3. The maximum atomic E-state index is 12.6. The minimum atomic E-state index is 0.0199. The number of hydrogen-bond donors (Lipinski definition) is 0. The van der Waals surface area contributed by atoms with Crippen molar-refractivity contribution in [3.63, 3.8) is 0 Å². The Morgan fingerprint density at radius 1 is 0.767 bits per heavy atom. The van der Waals surface area contributed by atoms with E-state index in [0.29, 0.717) is 23.0 Å². The lowest BCUT2D eigenvalue weighted by Gasteiger charge is -2.25. The third kappa shape index (κ3) is 6.19. The third-order valence-corrected chi connectivity index (χ3v) is 5.71. The first kappa shape index (κ1) is 22.1. The van der Waals surface area contributed by atoms with Gasteiger partial charge in [-0.25, -0.2) is 0 Å². The fourth-order valence-corrected chi connectivity index (χ4v) is 3.72. The van der Waals surface area contributed by atoms with Crippen molar-refractivity contribution in [3.05, 3.63) is 107 Å². The predicted octanol–water partition coefficient (Wildman–Crippen LogP) is 5.57. The van der Waals surface area contributed by atoms with E-state index in [1.165, 1.54) is 11.1 Å². The summed E-state index contributed by atoms with van der Waals surface area (Å²) in [5, 5.41) is 0.639. The molecule has 0 saturated heterocycles. The second-order valence-electron chi connectivity index (χ2n) is 7.70. The fraction of sp³-hybridized carbons (Fsp3) is 0.269. The van der Waals surface area contributed by atoms with Crippen LogP contribution in [0.5, 0.6) is 0 Å². The van der Waals surface area contributed by atoms with Crippen molar-refractivity contribution >= 4 is 17.5 Å². The van der Waals surface area contributed by atoms with Crippen LogP contribution in [-0.4, -0.2) is 49.4 Å². The second kappa shape index (κ2) is 11.0. The molecule has 0 aromatic heterocycles. The molecule has 0 fully saturated rings. The molecule has 0 atom stereocenters. The van der Waals surface area contributed by atoms with Gasteiger partial charge in [0.2, 0.25) is 0 Å². The van der Waals surface area contributed by atoms with Crippen molar-refractivity contribution in [1.82, 2.24) is 9.80 Å². The van der Waals surface area contributed by atoms with Gasteiger partial charge in [0, 0.05) is 36.6 Å². The van der Waals surface area contributed by atoms with Crippen LogP contribution >= 0.6 is 11.6 Å². The van der Waals surface area contributed by atoms with Crippen LogP contribution in [0, 0.1) is 0 Å². The van der Waals surface area contributed by atoms with Gasteiger partial charge in [-0.3, -0.25) is 4.79 Å². The van der Waals surface area contributed by atoms with Crippen LogP contribution < -0.4 is 0 Å². The molecule has 0 aliphatic rings. The van der Waals surface area contributed by atoms with Crippen molar-refractivity contribution < 1.29 is 4.79 Å². The highest BCUT2D eigenvalue weighted by atomic mass is 35.5. The van der Waals surface area contributed by atoms with Crippen LogP contribution in [0.15, 0.2) is 84.9 Å². The number of nitrogens with zero attached hydrogens (tertiary/aromatic N) is 2. The van der Waals surface area contributed by atoms with Crippen LogP contribution in [0.4, 0.5) is 0 Å². The number of amides is 1. The first-order valence-electron chi connectivity index (χ1n) is 10.3. The molecule has 0 N–H and O–H groups in total. The Hall–Kier alpha value is -2.62. The summed E-state index contributed by atoms with van der Waals surface area (Å²) >= 11 is 5.92. The minimum absolute atomic E-state index is 0.0199. The normalized spacial score (nSPS) is 11.1. The third-order valence-electron chi connectivity index (χ3n) is 5.46. The molecule has 3 aromatic rings. The Kier molecular flexibility index (Phi) is 8.06. The van der Waals surface area contributed by atoms with Crippen LogP contribution in [0.25, 0.3) is 0 Å². The molecule has 0 heterocycles. The molecule has 0 bridgehead atoms. The maximum absolute atomic E-state index is 12.6. The molecule has 3 aromatic carbocycles. The molecule has 0 saturated carbocycles. The summed E-state index contributed by atoms with van der Waals surface area (Å²) in [6.45, 7) is 2.46. The highest BCUT2D eigenvalue weighted by Crippen LogP contribution is 2.27. The van der Waals surface area contributed by atoms with Gasteiger partial charge in [-0.2, -0.15) is 0 Å². The van der Waals surface area contributed by atoms with Gasteiger partial charge in [0.05, 0.1) is 0 Å². The average molecular weight is 421 g/mol. The minimum Gasteiger partial charge on any atom is -0.340 e. The number of hydrogen-bond acceptors (Lipinski definition) is 2. The Balaban J connectivity index is 1.55. The van der Waals surface area contributed by atoms with E-state index in [-0.39, 0.29) is 5.91 Å². The zero-order valence-electron chi connectivity index (χ0n) is 17.7. The molecule has 0 radical (unpaired) electrons. The number of carbonyl (C=O) groups is 1. The van der Waals surface area contributed by atoms with Gasteiger partial charge in [0.15, 0.2) is 0 Å². The van der Waals surface area contributed by atoms with Gasteiger partial charge >= 0.3 is 0 Å². The highest BCUT2D eigenvalue weighted by molar-refractivity contribution is 6.30. The number of benzene rings is 3. The summed E-state index contributed by atoms with van der Waals surface area (Å²) in [4.78, 5) is 16.6. The van der Waals surface area contributed by atoms with Gasteiger partial charge in [-0.05, 0) is 55.4 Å². The number of halogens is 1. The number of rotatable bonds is 9. The SMILES string of the molecule is CN(CCC(c1ccccc1)c1ccccc1)CCN(C)C(=O)c1ccc(Cl)cc1. The Bertz CT molecular complexity index is 873. The quantitative estimate of drug-likeness (QED) is 0.452. The zero-order valence-corrected chi connectivity index (χ0v) is 18.4. The lowest BCUT2D eigenvalue weighted by Crippen LogP contribution is -2.35. The summed E-state index contributed by atoms with van der Waals surface area (Å²) in [5.74, 6) is 0.384. The second-order valence-corrected chi connectivity index (χ2v) is 8.14. The molecule has 3 rings (SSSR count). The number of carbonyl (C=O) groups excluding carboxylic acids is 1. The Labute approximate surface area is 184 Å². The van der Waals surface area contributed by atoms with Crippen LogP contribution in [0.1, 0.15) is 33.8 Å². The van der Waals surface area contributed by atoms with Gasteiger partial charge in [0.1, 0.15) is 0 Å². The Morgan fingerprint density at radius 2 is 1.30 bits per heavy atom. The molecule has 0 spiro atoms. The molecule has 3 nitrogen and oxygen atoms in total. The summed E-state index contributed by atoms with van der Waals surface area (Å²) in [6.07, 6.45) is 1.03. The Morgan fingerprint density at radius 3 is 1.83 bits per heavy atom. The van der Waals surface area contributed by atoms with Gasteiger partial charge in [-0.1, -0.05) is 72.3 Å². The van der Waals surface area contributed by atoms with E-state index in [1.807, 2.05) is 7.05 Å². The smallest absolute Gasteiger partial charge is 0.253 e. The first-order chi connectivity index (χ1) is 14.5. The topological polar surface area (TPSA) is 23.6 Å². The van der Waals surface area contributed by atoms with Gasteiger partial charge in [-0.15, -0.1) is 0 Å². The lowest BCUT2D eigenvalue weighted by atomic mass is 9.88. The molecule has 1 amide bonds. The van der Waals surface area contributed by atoms with Crippen molar-refractivity contribution in [2.75, 3.05) is 33.7 Å². The lowest BCUT2D eigenvalue weighted by molar-refractivity contribution is 0.0782. The number of likely N-dealkylation sites (N-methyl/N-ethyl adjacent to an activating group) is 2. The van der Waals surface area contributed by atoms with Gasteiger partial charge < -0.3 is 9.80 Å². The summed E-state index contributed by atoms with van der Waals surface area (Å²) < 4.78 is 0. The van der Waals surface area contributed by atoms with E-state index in [1.54, 1.807) is 29.2 Å². The molecule has 0 aliphatic heterocycles. The summed E-state index contributed by atoms with van der Waals surface area (Å²) in [6, 6.07) is 28.4. The molecule has 0 unspecified atom stereocenters. The van der Waals surface area contributed by atoms with E-state index < -0.39 is 0 Å². The van der Waals surface area contributed by atoms with E-state index in [0.717, 1.165) is 19.5 Å². The monoisotopic (exact) mass is 420 g/mol. The summed E-state index contributed by atoms with van der Waals surface area (Å²) in [7, 11) is 3.97. The van der Waals surface area contributed by atoms with Crippen LogP contribution in [0.2, 0.25) is 5.02 Å². The molecular weight excluding hydrogens is 392 g/mol. The van der Waals surface area contributed by atoms with Crippen LogP contribution in [0.3, 0.4) is 0 Å². The van der Waals surface area contributed by atoms with E-state index >= 15 is 0 Å². The van der Waals surface area contributed by atoms with E-state index in [2.05, 4.69) is 72.6 Å². The molecule has 30 heavy (non-hydrogen) atoms. The average Bonchev–Trinajstić information content (AvgIpc) is 2.79. The maximum Gasteiger partial charge on any atom is 0.253 e. The van der Waals surface area contributed by atoms with Gasteiger partial charge in [0.25, 0.3) is 5.91 Å². The van der Waals surface area contributed by atoms with Crippen molar-refractivity contribution in [3.8, 4) is 0 Å². The first-order valence-corrected chi connectivity index (χ1v) is 10.7. The van der Waals surface area contributed by atoms with Crippen molar-refractivity contribution in [2.45, 2.75) is 12.3 Å². The van der Waals surface area contributed by atoms with E-state index in [9.17, 15) is 4.79 Å². The predicted molar refractivity (Wildman–Crippen MR) is 125 cm³/mol. The standard InChI is InChI=1S/C26H29ClN2O/c1-28(19-20-29(2)26(30)23-13-15-24(27)16-14-23)18-17-25(21-9-5-3-6-10-21)22-11-7-4-8-12-22/h3-16,25H,17-20H2,1-2H3. The van der Waals surface area contributed by atoms with E-state index in [4.69, 9.17) is 11.6 Å². The molecular formula is C26H29ClN2O. The fourth-order valence-electron chi connectivity index (χ4n) is 3.59. The summed E-state index contributed by atoms with van der Waals surface area (Å²) in [5.41, 5.74) is 3.34. The van der Waals surface area contributed by atoms with Crippen molar-refractivity contribution in [2.24, 2.45) is 0 Å². The molecule has 0 aliphatic carbocycles. The van der Waals surface area contributed by atoms with Crippen LogP contribution in [-0.2, 0) is 0 Å². The van der Waals surface area contributed by atoms with Crippen molar-refractivity contribution in [1.29, 1.82) is 0 Å². The highest BCUT2D eigenvalue weighted by Gasteiger charge is 2.16. The molecule has 4 heteroatoms.